The molecule has 1 saturated heterocycles. The molecule has 4 rings (SSSR count). The standard InChI is InChI=1S/C26H30N4O2.HI/c1-30-24(31)17-22(25(30)21-11-6-3-7-12-21)19-29-26(27-15-14-23-13-8-16-32-23)28-18-20-9-4-2-5-10-20;/h2-13,16,22,25H,14-15,17-19H2,1H3,(H2,27,28,29);1H. The summed E-state index contributed by atoms with van der Waals surface area (Å²) >= 11 is 0. The van der Waals surface area contributed by atoms with Crippen molar-refractivity contribution in [3.63, 3.8) is 0 Å². The van der Waals surface area contributed by atoms with Crippen LogP contribution in [0.5, 0.6) is 0 Å². The van der Waals surface area contributed by atoms with Crippen molar-refractivity contribution < 1.29 is 9.21 Å². The summed E-state index contributed by atoms with van der Waals surface area (Å²) in [5.74, 6) is 2.03. The van der Waals surface area contributed by atoms with Crippen LogP contribution in [0.2, 0.25) is 0 Å². The lowest BCUT2D eigenvalue weighted by Crippen LogP contribution is -2.41. The molecule has 33 heavy (non-hydrogen) atoms. The highest BCUT2D eigenvalue weighted by Crippen LogP contribution is 2.36. The topological polar surface area (TPSA) is 69.9 Å². The highest BCUT2D eigenvalue weighted by molar-refractivity contribution is 14.0. The number of rotatable bonds is 8. The number of guanidine groups is 1. The first-order chi connectivity index (χ1) is 15.7. The van der Waals surface area contributed by atoms with Crippen LogP contribution in [-0.4, -0.2) is 36.9 Å². The number of benzene rings is 2. The van der Waals surface area contributed by atoms with Crippen LogP contribution in [0.4, 0.5) is 0 Å². The second kappa shape index (κ2) is 12.4. The molecular weight excluding hydrogens is 527 g/mol. The third-order valence-corrected chi connectivity index (χ3v) is 5.87. The molecule has 1 fully saturated rings. The van der Waals surface area contributed by atoms with E-state index in [0.29, 0.717) is 26.1 Å². The average molecular weight is 558 g/mol. The smallest absolute Gasteiger partial charge is 0.223 e. The van der Waals surface area contributed by atoms with E-state index in [2.05, 4.69) is 34.9 Å². The maximum Gasteiger partial charge on any atom is 0.223 e. The maximum absolute atomic E-state index is 12.5. The Morgan fingerprint density at radius 1 is 1.03 bits per heavy atom. The summed E-state index contributed by atoms with van der Waals surface area (Å²) in [6.45, 7) is 1.96. The van der Waals surface area contributed by atoms with E-state index < -0.39 is 0 Å². The zero-order valence-electron chi connectivity index (χ0n) is 18.8. The van der Waals surface area contributed by atoms with Gasteiger partial charge in [-0.3, -0.25) is 4.79 Å². The lowest BCUT2D eigenvalue weighted by Gasteiger charge is -2.26. The number of hydrogen-bond donors (Lipinski definition) is 2. The van der Waals surface area contributed by atoms with Crippen LogP contribution < -0.4 is 10.6 Å². The number of likely N-dealkylation sites (tertiary alicyclic amines) is 1. The molecule has 174 valence electrons. The van der Waals surface area contributed by atoms with Crippen molar-refractivity contribution in [2.45, 2.75) is 25.4 Å². The molecule has 2 heterocycles. The van der Waals surface area contributed by atoms with Gasteiger partial charge in [0.1, 0.15) is 5.76 Å². The SMILES string of the molecule is CN1C(=O)CC(CNC(=NCc2ccccc2)NCCc2ccco2)C1c1ccccc1.I. The molecule has 2 unspecified atom stereocenters. The molecule has 3 aromatic rings. The van der Waals surface area contributed by atoms with Gasteiger partial charge in [0.15, 0.2) is 5.96 Å². The van der Waals surface area contributed by atoms with Crippen molar-refractivity contribution in [1.29, 1.82) is 0 Å². The van der Waals surface area contributed by atoms with Gasteiger partial charge in [0.2, 0.25) is 5.91 Å². The van der Waals surface area contributed by atoms with Crippen molar-refractivity contribution in [1.82, 2.24) is 15.5 Å². The van der Waals surface area contributed by atoms with Crippen molar-refractivity contribution in [2.24, 2.45) is 10.9 Å². The lowest BCUT2D eigenvalue weighted by atomic mass is 9.94. The molecule has 0 spiro atoms. The first kappa shape index (κ1) is 24.8. The highest BCUT2D eigenvalue weighted by Gasteiger charge is 2.38. The normalized spacial score (nSPS) is 18.2. The minimum Gasteiger partial charge on any atom is -0.469 e. The molecule has 1 amide bonds. The van der Waals surface area contributed by atoms with Gasteiger partial charge in [-0.2, -0.15) is 0 Å². The summed E-state index contributed by atoms with van der Waals surface area (Å²) in [5, 5.41) is 6.89. The predicted molar refractivity (Wildman–Crippen MR) is 141 cm³/mol. The number of hydrogen-bond acceptors (Lipinski definition) is 3. The fourth-order valence-corrected chi connectivity index (χ4v) is 4.20. The number of nitrogens with zero attached hydrogens (tertiary/aromatic N) is 2. The molecule has 0 aliphatic carbocycles. The largest absolute Gasteiger partial charge is 0.469 e. The molecule has 2 atom stereocenters. The molecule has 0 bridgehead atoms. The number of nitrogens with one attached hydrogen (secondary N) is 2. The van der Waals surface area contributed by atoms with E-state index in [1.807, 2.05) is 60.5 Å². The van der Waals surface area contributed by atoms with Crippen molar-refractivity contribution in [2.75, 3.05) is 20.1 Å². The van der Waals surface area contributed by atoms with Gasteiger partial charge >= 0.3 is 0 Å². The molecule has 7 heteroatoms. The van der Waals surface area contributed by atoms with E-state index in [4.69, 9.17) is 9.41 Å². The summed E-state index contributed by atoms with van der Waals surface area (Å²) in [7, 11) is 1.89. The monoisotopic (exact) mass is 558 g/mol. The van der Waals surface area contributed by atoms with E-state index in [1.54, 1.807) is 6.26 Å². The van der Waals surface area contributed by atoms with Crippen molar-refractivity contribution in [3.8, 4) is 0 Å². The molecule has 6 nitrogen and oxygen atoms in total. The van der Waals surface area contributed by atoms with Crippen LogP contribution >= 0.6 is 24.0 Å². The number of aliphatic imine (C=N–C) groups is 1. The summed E-state index contributed by atoms with van der Waals surface area (Å²) in [6, 6.07) is 24.4. The zero-order chi connectivity index (χ0) is 22.2. The third-order valence-electron chi connectivity index (χ3n) is 5.87. The van der Waals surface area contributed by atoms with Crippen LogP contribution in [-0.2, 0) is 17.8 Å². The quantitative estimate of drug-likeness (QED) is 0.245. The van der Waals surface area contributed by atoms with Gasteiger partial charge in [-0.25, -0.2) is 4.99 Å². The Bertz CT molecular complexity index is 1010. The van der Waals surface area contributed by atoms with Crippen molar-refractivity contribution >= 4 is 35.8 Å². The predicted octanol–water partition coefficient (Wildman–Crippen LogP) is 4.40. The molecule has 1 aliphatic rings. The van der Waals surface area contributed by atoms with Gasteiger partial charge in [-0.15, -0.1) is 24.0 Å². The molecule has 0 radical (unpaired) electrons. The number of halogens is 1. The average Bonchev–Trinajstić information content (AvgIpc) is 3.44. The van der Waals surface area contributed by atoms with E-state index in [9.17, 15) is 4.79 Å². The number of furan rings is 1. The zero-order valence-corrected chi connectivity index (χ0v) is 21.1. The summed E-state index contributed by atoms with van der Waals surface area (Å²) < 4.78 is 5.43. The Balaban J connectivity index is 0.00000306. The summed E-state index contributed by atoms with van der Waals surface area (Å²) in [4.78, 5) is 19.1. The van der Waals surface area contributed by atoms with Crippen LogP contribution in [0.3, 0.4) is 0 Å². The lowest BCUT2D eigenvalue weighted by molar-refractivity contribution is -0.127. The first-order valence-electron chi connectivity index (χ1n) is 11.1. The fraction of sp³-hybridized carbons (Fsp3) is 0.308. The second-order valence-electron chi connectivity index (χ2n) is 8.11. The molecule has 1 aliphatic heterocycles. The van der Waals surface area contributed by atoms with Gasteiger partial charge in [0.05, 0.1) is 18.8 Å². The molecule has 1 aromatic heterocycles. The van der Waals surface area contributed by atoms with Crippen LogP contribution in [0, 0.1) is 5.92 Å². The van der Waals surface area contributed by atoms with E-state index >= 15 is 0 Å². The highest BCUT2D eigenvalue weighted by atomic mass is 127. The summed E-state index contributed by atoms with van der Waals surface area (Å²) in [5.41, 5.74) is 2.32. The van der Waals surface area contributed by atoms with Crippen LogP contribution in [0.15, 0.2) is 88.5 Å². The minimum absolute atomic E-state index is 0. The first-order valence-corrected chi connectivity index (χ1v) is 11.1. The Morgan fingerprint density at radius 2 is 1.76 bits per heavy atom. The second-order valence-corrected chi connectivity index (χ2v) is 8.11. The van der Waals surface area contributed by atoms with Crippen LogP contribution in [0.1, 0.15) is 29.3 Å². The van der Waals surface area contributed by atoms with Gasteiger partial charge in [0, 0.05) is 38.9 Å². The van der Waals surface area contributed by atoms with Crippen LogP contribution in [0.25, 0.3) is 0 Å². The van der Waals surface area contributed by atoms with E-state index in [0.717, 1.165) is 23.7 Å². The molecule has 2 aromatic carbocycles. The Hall–Kier alpha value is -2.81. The maximum atomic E-state index is 12.5. The Morgan fingerprint density at radius 3 is 2.45 bits per heavy atom. The summed E-state index contributed by atoms with van der Waals surface area (Å²) in [6.07, 6.45) is 2.99. The van der Waals surface area contributed by atoms with Crippen molar-refractivity contribution in [3.05, 3.63) is 95.9 Å². The molecule has 2 N–H and O–H groups in total. The van der Waals surface area contributed by atoms with Gasteiger partial charge < -0.3 is 20.0 Å². The van der Waals surface area contributed by atoms with E-state index in [1.165, 1.54) is 5.56 Å². The third kappa shape index (κ3) is 6.83. The Labute approximate surface area is 212 Å². The van der Waals surface area contributed by atoms with Gasteiger partial charge in [-0.1, -0.05) is 60.7 Å². The number of amides is 1. The Kier molecular flexibility index (Phi) is 9.35. The number of carbonyl (C=O) groups is 1. The molecule has 0 saturated carbocycles. The van der Waals surface area contributed by atoms with Gasteiger partial charge in [-0.05, 0) is 23.3 Å². The fourth-order valence-electron chi connectivity index (χ4n) is 4.20. The minimum atomic E-state index is 0. The van der Waals surface area contributed by atoms with E-state index in [-0.39, 0.29) is 41.8 Å². The number of carbonyl (C=O) groups excluding carboxylic acids is 1. The van der Waals surface area contributed by atoms with Gasteiger partial charge in [0.25, 0.3) is 0 Å². The molecular formula is C26H31IN4O2.